The highest BCUT2D eigenvalue weighted by Crippen LogP contribution is 2.28. The van der Waals surface area contributed by atoms with Crippen LogP contribution in [0.4, 0.5) is 0 Å². The lowest BCUT2D eigenvalue weighted by atomic mass is 9.88. The van der Waals surface area contributed by atoms with E-state index in [1.54, 1.807) is 0 Å². The summed E-state index contributed by atoms with van der Waals surface area (Å²) in [6.07, 6.45) is 1.19. The Kier molecular flexibility index (Phi) is 8.13. The largest absolute Gasteiger partial charge is 0.489 e. The quantitative estimate of drug-likeness (QED) is 0.299. The van der Waals surface area contributed by atoms with Crippen molar-refractivity contribution in [3.05, 3.63) is 138 Å². The van der Waals surface area contributed by atoms with Gasteiger partial charge >= 0.3 is 0 Å². The van der Waals surface area contributed by atoms with Gasteiger partial charge in [0.25, 0.3) is 0 Å². The number of carbonyl (C=O) groups is 1. The molecule has 0 radical (unpaired) electrons. The molecule has 0 aromatic heterocycles. The first-order chi connectivity index (χ1) is 16.7. The fraction of sp³-hybridized carbons (Fsp3) is 0.194. The maximum atomic E-state index is 12.9. The third kappa shape index (κ3) is 6.82. The first-order valence-corrected chi connectivity index (χ1v) is 11.8. The third-order valence-electron chi connectivity index (χ3n) is 5.91. The standard InChI is InChI=1S/C31H31NO2/c1-24(21-25-17-19-29(20-18-25)34-23-26-11-5-2-6-12-26)32-31(33)22-30(27-13-7-3-8-14-27)28-15-9-4-10-16-28/h2-20,24,30H,21-23H2,1H3,(H,32,33). The Labute approximate surface area is 202 Å². The first kappa shape index (κ1) is 23.3. The van der Waals surface area contributed by atoms with E-state index in [0.29, 0.717) is 13.0 Å². The molecule has 4 rings (SSSR count). The summed E-state index contributed by atoms with van der Waals surface area (Å²) < 4.78 is 5.87. The summed E-state index contributed by atoms with van der Waals surface area (Å²) in [7, 11) is 0. The molecule has 0 aliphatic heterocycles. The zero-order valence-electron chi connectivity index (χ0n) is 19.6. The summed E-state index contributed by atoms with van der Waals surface area (Å²) >= 11 is 0. The molecule has 0 saturated heterocycles. The van der Waals surface area contributed by atoms with E-state index in [9.17, 15) is 4.79 Å². The van der Waals surface area contributed by atoms with Crippen LogP contribution < -0.4 is 10.1 Å². The Balaban J connectivity index is 1.31. The van der Waals surface area contributed by atoms with Crippen molar-refractivity contribution in [2.45, 2.75) is 38.3 Å². The summed E-state index contributed by atoms with van der Waals surface area (Å²) in [4.78, 5) is 12.9. The van der Waals surface area contributed by atoms with Gasteiger partial charge in [-0.1, -0.05) is 103 Å². The predicted octanol–water partition coefficient (Wildman–Crippen LogP) is 6.54. The molecule has 0 aliphatic carbocycles. The highest BCUT2D eigenvalue weighted by molar-refractivity contribution is 5.78. The van der Waals surface area contributed by atoms with E-state index in [4.69, 9.17) is 4.74 Å². The van der Waals surface area contributed by atoms with Crippen molar-refractivity contribution >= 4 is 5.91 Å². The summed E-state index contributed by atoms with van der Waals surface area (Å²) in [5, 5.41) is 3.19. The van der Waals surface area contributed by atoms with Crippen LogP contribution in [0.15, 0.2) is 115 Å². The molecule has 1 amide bonds. The highest BCUT2D eigenvalue weighted by Gasteiger charge is 2.19. The average Bonchev–Trinajstić information content (AvgIpc) is 2.88. The number of ether oxygens (including phenoxy) is 1. The van der Waals surface area contributed by atoms with E-state index in [1.807, 2.05) is 66.7 Å². The molecule has 3 nitrogen and oxygen atoms in total. The van der Waals surface area contributed by atoms with Gasteiger partial charge in [0.1, 0.15) is 12.4 Å². The lowest BCUT2D eigenvalue weighted by Crippen LogP contribution is -2.35. The van der Waals surface area contributed by atoms with Gasteiger partial charge in [0.2, 0.25) is 5.91 Å². The molecule has 0 heterocycles. The Morgan fingerprint density at radius 2 is 1.24 bits per heavy atom. The Morgan fingerprint density at radius 1 is 0.706 bits per heavy atom. The summed E-state index contributed by atoms with van der Waals surface area (Å²) in [6, 6.07) is 38.8. The first-order valence-electron chi connectivity index (χ1n) is 11.8. The Morgan fingerprint density at radius 3 is 1.79 bits per heavy atom. The molecule has 0 bridgehead atoms. The van der Waals surface area contributed by atoms with Gasteiger partial charge in [-0.3, -0.25) is 4.79 Å². The van der Waals surface area contributed by atoms with Crippen molar-refractivity contribution in [2.75, 3.05) is 0 Å². The number of carbonyl (C=O) groups excluding carboxylic acids is 1. The number of hydrogen-bond acceptors (Lipinski definition) is 2. The molecular weight excluding hydrogens is 418 g/mol. The van der Waals surface area contributed by atoms with Gasteiger partial charge in [0.15, 0.2) is 0 Å². The lowest BCUT2D eigenvalue weighted by Gasteiger charge is -2.20. The maximum absolute atomic E-state index is 12.9. The normalized spacial score (nSPS) is 11.7. The molecule has 0 spiro atoms. The van der Waals surface area contributed by atoms with Gasteiger partial charge in [0.05, 0.1) is 0 Å². The topological polar surface area (TPSA) is 38.3 Å². The molecule has 172 valence electrons. The Hall–Kier alpha value is -3.85. The van der Waals surface area contributed by atoms with E-state index in [1.165, 1.54) is 5.56 Å². The molecule has 1 N–H and O–H groups in total. The maximum Gasteiger partial charge on any atom is 0.221 e. The van der Waals surface area contributed by atoms with Crippen LogP contribution in [0.5, 0.6) is 5.75 Å². The van der Waals surface area contributed by atoms with E-state index in [2.05, 4.69) is 60.8 Å². The van der Waals surface area contributed by atoms with Crippen LogP contribution in [0.25, 0.3) is 0 Å². The van der Waals surface area contributed by atoms with Crippen LogP contribution in [-0.2, 0) is 17.8 Å². The predicted molar refractivity (Wildman–Crippen MR) is 138 cm³/mol. The van der Waals surface area contributed by atoms with Crippen LogP contribution in [0.3, 0.4) is 0 Å². The van der Waals surface area contributed by atoms with Crippen LogP contribution in [-0.4, -0.2) is 11.9 Å². The fourth-order valence-electron chi connectivity index (χ4n) is 4.19. The average molecular weight is 450 g/mol. The van der Waals surface area contributed by atoms with Gasteiger partial charge in [-0.2, -0.15) is 0 Å². The molecule has 4 aromatic carbocycles. The number of hydrogen-bond donors (Lipinski definition) is 1. The second kappa shape index (κ2) is 11.9. The SMILES string of the molecule is CC(Cc1ccc(OCc2ccccc2)cc1)NC(=O)CC(c1ccccc1)c1ccccc1. The number of amides is 1. The molecule has 4 aromatic rings. The van der Waals surface area contributed by atoms with Crippen molar-refractivity contribution in [3.8, 4) is 5.75 Å². The number of rotatable bonds is 10. The monoisotopic (exact) mass is 449 g/mol. The van der Waals surface area contributed by atoms with Crippen molar-refractivity contribution in [3.63, 3.8) is 0 Å². The van der Waals surface area contributed by atoms with Crippen molar-refractivity contribution in [1.82, 2.24) is 5.32 Å². The molecule has 1 unspecified atom stereocenters. The van der Waals surface area contributed by atoms with Crippen LogP contribution >= 0.6 is 0 Å². The van der Waals surface area contributed by atoms with Crippen molar-refractivity contribution in [1.29, 1.82) is 0 Å². The van der Waals surface area contributed by atoms with E-state index < -0.39 is 0 Å². The van der Waals surface area contributed by atoms with Crippen LogP contribution in [0.1, 0.15) is 41.5 Å². The van der Waals surface area contributed by atoms with Gasteiger partial charge in [0, 0.05) is 18.4 Å². The molecule has 3 heteroatoms. The molecule has 0 fully saturated rings. The summed E-state index contributed by atoms with van der Waals surface area (Å²) in [6.45, 7) is 2.61. The van der Waals surface area contributed by atoms with E-state index in [-0.39, 0.29) is 17.9 Å². The Bertz CT molecular complexity index is 1100. The zero-order valence-corrected chi connectivity index (χ0v) is 19.6. The smallest absolute Gasteiger partial charge is 0.221 e. The molecular formula is C31H31NO2. The minimum Gasteiger partial charge on any atom is -0.489 e. The van der Waals surface area contributed by atoms with Gasteiger partial charge < -0.3 is 10.1 Å². The van der Waals surface area contributed by atoms with E-state index >= 15 is 0 Å². The number of benzene rings is 4. The minimum atomic E-state index is 0.0376. The molecule has 1 atom stereocenters. The van der Waals surface area contributed by atoms with Gasteiger partial charge in [-0.05, 0) is 47.7 Å². The zero-order chi connectivity index (χ0) is 23.6. The second-order valence-corrected chi connectivity index (χ2v) is 8.67. The summed E-state index contributed by atoms with van der Waals surface area (Å²) in [5.74, 6) is 0.946. The van der Waals surface area contributed by atoms with Crippen LogP contribution in [0, 0.1) is 0 Å². The molecule has 0 saturated carbocycles. The molecule has 34 heavy (non-hydrogen) atoms. The number of nitrogens with one attached hydrogen (secondary N) is 1. The van der Waals surface area contributed by atoms with Gasteiger partial charge in [-0.15, -0.1) is 0 Å². The minimum absolute atomic E-state index is 0.0376. The third-order valence-corrected chi connectivity index (χ3v) is 5.91. The van der Waals surface area contributed by atoms with Crippen molar-refractivity contribution < 1.29 is 9.53 Å². The lowest BCUT2D eigenvalue weighted by molar-refractivity contribution is -0.121. The van der Waals surface area contributed by atoms with E-state index in [0.717, 1.165) is 28.9 Å². The van der Waals surface area contributed by atoms with Crippen molar-refractivity contribution in [2.24, 2.45) is 0 Å². The van der Waals surface area contributed by atoms with Gasteiger partial charge in [-0.25, -0.2) is 0 Å². The summed E-state index contributed by atoms with van der Waals surface area (Å²) in [5.41, 5.74) is 4.62. The highest BCUT2D eigenvalue weighted by atomic mass is 16.5. The van der Waals surface area contributed by atoms with Crippen LogP contribution in [0.2, 0.25) is 0 Å². The second-order valence-electron chi connectivity index (χ2n) is 8.67. The fourth-order valence-corrected chi connectivity index (χ4v) is 4.19. The molecule has 0 aliphatic rings.